The molecule has 41 heavy (non-hydrogen) atoms. The molecule has 0 saturated carbocycles. The van der Waals surface area contributed by atoms with E-state index in [1.165, 1.54) is 21.1 Å². The lowest BCUT2D eigenvalue weighted by molar-refractivity contribution is -0.163. The third kappa shape index (κ3) is 9.15. The highest BCUT2D eigenvalue weighted by atomic mass is 31.2. The molecule has 2 aromatic rings. The Bertz CT molecular complexity index is 1240. The molecule has 0 spiro atoms. The summed E-state index contributed by atoms with van der Waals surface area (Å²) in [6.07, 6.45) is -2.19. The maximum absolute atomic E-state index is 13.7. The molecule has 13 nitrogen and oxygen atoms in total. The van der Waals surface area contributed by atoms with Gasteiger partial charge in [-0.1, -0.05) is 17.7 Å². The predicted octanol–water partition coefficient (Wildman–Crippen LogP) is 3.43. The van der Waals surface area contributed by atoms with Crippen molar-refractivity contribution in [1.82, 2.24) is 10.6 Å². The van der Waals surface area contributed by atoms with Crippen LogP contribution in [0.4, 0.5) is 0 Å². The number of benzene rings is 2. The SMILES string of the molecule is COC(=O)[C@H](C)NP(=O)(OC[C@H]1OC(C)(C)O[C@H]1C(=O)NOCc1ccc(OC)cc1OC)Oc1ccc(C)cc1. The van der Waals surface area contributed by atoms with Gasteiger partial charge in [0.1, 0.15) is 36.0 Å². The zero-order chi connectivity index (χ0) is 30.2. The summed E-state index contributed by atoms with van der Waals surface area (Å²) < 4.78 is 51.9. The zero-order valence-electron chi connectivity index (χ0n) is 24.1. The lowest BCUT2D eigenvalue weighted by Gasteiger charge is -2.24. The summed E-state index contributed by atoms with van der Waals surface area (Å²) in [5, 5.41) is 2.56. The van der Waals surface area contributed by atoms with E-state index >= 15 is 0 Å². The topological polar surface area (TPSA) is 149 Å². The number of esters is 1. The Hall–Kier alpha value is -3.19. The number of methoxy groups -OCH3 is 3. The Labute approximate surface area is 239 Å². The van der Waals surface area contributed by atoms with Crippen molar-refractivity contribution in [2.24, 2.45) is 0 Å². The minimum Gasteiger partial charge on any atom is -0.497 e. The quantitative estimate of drug-likeness (QED) is 0.187. The number of hydrogen-bond donors (Lipinski definition) is 2. The first-order valence-electron chi connectivity index (χ1n) is 12.7. The van der Waals surface area contributed by atoms with Crippen LogP contribution in [0.1, 0.15) is 31.9 Å². The maximum atomic E-state index is 13.7. The molecule has 1 aliphatic rings. The van der Waals surface area contributed by atoms with Crippen LogP contribution in [-0.2, 0) is 44.3 Å². The smallest absolute Gasteiger partial charge is 0.459 e. The van der Waals surface area contributed by atoms with Gasteiger partial charge in [0.2, 0.25) is 0 Å². The van der Waals surface area contributed by atoms with Crippen molar-refractivity contribution in [3.8, 4) is 17.2 Å². The van der Waals surface area contributed by atoms with E-state index in [2.05, 4.69) is 10.6 Å². The van der Waals surface area contributed by atoms with E-state index in [0.29, 0.717) is 17.1 Å². The number of rotatable bonds is 14. The molecule has 1 amide bonds. The third-order valence-corrected chi connectivity index (χ3v) is 7.54. The van der Waals surface area contributed by atoms with Gasteiger partial charge in [0.25, 0.3) is 5.91 Å². The second kappa shape index (κ2) is 14.1. The average molecular weight is 597 g/mol. The number of aryl methyl sites for hydroxylation is 1. The van der Waals surface area contributed by atoms with Crippen molar-refractivity contribution >= 4 is 19.6 Å². The number of carbonyl (C=O) groups excluding carboxylic acids is 2. The summed E-state index contributed by atoms with van der Waals surface area (Å²) in [6, 6.07) is 10.9. The van der Waals surface area contributed by atoms with Crippen molar-refractivity contribution in [2.75, 3.05) is 27.9 Å². The molecule has 1 heterocycles. The number of carbonyl (C=O) groups is 2. The zero-order valence-corrected chi connectivity index (χ0v) is 25.0. The summed E-state index contributed by atoms with van der Waals surface area (Å²) in [4.78, 5) is 30.4. The van der Waals surface area contributed by atoms with Gasteiger partial charge in [-0.15, -0.1) is 0 Å². The highest BCUT2D eigenvalue weighted by molar-refractivity contribution is 7.52. The van der Waals surface area contributed by atoms with Gasteiger partial charge >= 0.3 is 13.7 Å². The molecular formula is C27H37N2O11P. The highest BCUT2D eigenvalue weighted by Gasteiger charge is 2.47. The lowest BCUT2D eigenvalue weighted by Crippen LogP contribution is -2.43. The van der Waals surface area contributed by atoms with E-state index in [0.717, 1.165) is 5.56 Å². The Morgan fingerprint density at radius 2 is 1.71 bits per heavy atom. The molecule has 1 aliphatic heterocycles. The van der Waals surface area contributed by atoms with Crippen LogP contribution >= 0.6 is 7.75 Å². The predicted molar refractivity (Wildman–Crippen MR) is 146 cm³/mol. The van der Waals surface area contributed by atoms with Gasteiger partial charge in [-0.2, -0.15) is 5.09 Å². The molecular weight excluding hydrogens is 559 g/mol. The van der Waals surface area contributed by atoms with E-state index < -0.39 is 50.3 Å². The molecule has 4 atom stereocenters. The van der Waals surface area contributed by atoms with Gasteiger partial charge in [0.15, 0.2) is 11.9 Å². The molecule has 0 radical (unpaired) electrons. The van der Waals surface area contributed by atoms with Crippen LogP contribution in [0.3, 0.4) is 0 Å². The number of hydrogen-bond acceptors (Lipinski definition) is 11. The molecule has 2 aromatic carbocycles. The largest absolute Gasteiger partial charge is 0.497 e. The molecule has 2 N–H and O–H groups in total. The molecule has 14 heteroatoms. The van der Waals surface area contributed by atoms with Crippen LogP contribution < -0.4 is 24.6 Å². The van der Waals surface area contributed by atoms with Gasteiger partial charge in [-0.3, -0.25) is 19.0 Å². The van der Waals surface area contributed by atoms with Crippen LogP contribution in [0, 0.1) is 6.92 Å². The summed E-state index contributed by atoms with van der Waals surface area (Å²) in [5.74, 6) is -1.12. The monoisotopic (exact) mass is 596 g/mol. The van der Waals surface area contributed by atoms with Crippen LogP contribution in [0.25, 0.3) is 0 Å². The normalized spacial score (nSPS) is 20.0. The van der Waals surface area contributed by atoms with E-state index in [9.17, 15) is 14.2 Å². The molecule has 1 unspecified atom stereocenters. The molecule has 0 aromatic heterocycles. The third-order valence-electron chi connectivity index (χ3n) is 5.90. The Kier molecular flexibility index (Phi) is 11.1. The first kappa shape index (κ1) is 32.3. The average Bonchev–Trinajstić information content (AvgIpc) is 3.27. The summed E-state index contributed by atoms with van der Waals surface area (Å²) in [6.45, 7) is 6.18. The molecule has 0 bridgehead atoms. The van der Waals surface area contributed by atoms with Crippen molar-refractivity contribution < 1.29 is 51.7 Å². The fraction of sp³-hybridized carbons (Fsp3) is 0.481. The number of hydroxylamine groups is 1. The number of nitrogens with one attached hydrogen (secondary N) is 2. The van der Waals surface area contributed by atoms with Crippen LogP contribution in [-0.4, -0.2) is 63.8 Å². The van der Waals surface area contributed by atoms with Crippen molar-refractivity contribution in [1.29, 1.82) is 0 Å². The molecule has 1 saturated heterocycles. The standard InChI is InChI=1S/C27H37N2O11P/c1-17-8-11-20(12-9-17)40-41(32,29-18(2)26(31)35-7)37-16-23-24(39-27(3,4)38-23)25(30)28-36-15-19-10-13-21(33-5)14-22(19)34-6/h8-14,18,23-24H,15-16H2,1-7H3,(H,28,30)(H,29,32)/t18-,23+,24+,41?/m0/s1. The van der Waals surface area contributed by atoms with Crippen molar-refractivity contribution in [3.05, 3.63) is 53.6 Å². The first-order chi connectivity index (χ1) is 19.4. The van der Waals surface area contributed by atoms with Crippen molar-refractivity contribution in [3.63, 3.8) is 0 Å². The Morgan fingerprint density at radius 3 is 2.34 bits per heavy atom. The van der Waals surface area contributed by atoms with Gasteiger partial charge < -0.3 is 28.2 Å². The summed E-state index contributed by atoms with van der Waals surface area (Å²) in [7, 11) is 0.0727. The number of amides is 1. The number of ether oxygens (including phenoxy) is 5. The van der Waals surface area contributed by atoms with E-state index in [1.807, 2.05) is 6.92 Å². The van der Waals surface area contributed by atoms with E-state index in [4.69, 9.17) is 37.6 Å². The van der Waals surface area contributed by atoms with E-state index in [1.54, 1.807) is 63.4 Å². The minimum absolute atomic E-state index is 0.00796. The maximum Gasteiger partial charge on any atom is 0.459 e. The van der Waals surface area contributed by atoms with Gasteiger partial charge in [0.05, 0.1) is 27.9 Å². The van der Waals surface area contributed by atoms with Gasteiger partial charge in [-0.25, -0.2) is 10.0 Å². The fourth-order valence-corrected chi connectivity index (χ4v) is 5.36. The highest BCUT2D eigenvalue weighted by Crippen LogP contribution is 2.46. The second-order valence-electron chi connectivity index (χ2n) is 9.60. The molecule has 3 rings (SSSR count). The van der Waals surface area contributed by atoms with Crippen LogP contribution in [0.5, 0.6) is 17.2 Å². The molecule has 0 aliphatic carbocycles. The van der Waals surface area contributed by atoms with Crippen LogP contribution in [0.2, 0.25) is 0 Å². The summed E-state index contributed by atoms with van der Waals surface area (Å²) >= 11 is 0. The fourth-order valence-electron chi connectivity index (χ4n) is 3.86. The second-order valence-corrected chi connectivity index (χ2v) is 11.3. The Morgan fingerprint density at radius 1 is 1.02 bits per heavy atom. The Balaban J connectivity index is 1.68. The lowest BCUT2D eigenvalue weighted by atomic mass is 10.2. The van der Waals surface area contributed by atoms with Gasteiger partial charge in [-0.05, 0) is 52.0 Å². The van der Waals surface area contributed by atoms with Crippen LogP contribution in [0.15, 0.2) is 42.5 Å². The van der Waals surface area contributed by atoms with Crippen molar-refractivity contribution in [2.45, 2.75) is 58.3 Å². The molecule has 1 fully saturated rings. The van der Waals surface area contributed by atoms with Gasteiger partial charge in [0, 0.05) is 11.6 Å². The summed E-state index contributed by atoms with van der Waals surface area (Å²) in [5.41, 5.74) is 3.98. The molecule has 226 valence electrons. The van der Waals surface area contributed by atoms with E-state index in [-0.39, 0.29) is 12.4 Å². The first-order valence-corrected chi connectivity index (χ1v) is 14.3. The minimum atomic E-state index is -4.18.